The quantitative estimate of drug-likeness (QED) is 0.561. The Labute approximate surface area is 221 Å². The number of aromatic amines is 1. The molecule has 0 aliphatic carbocycles. The highest BCUT2D eigenvalue weighted by atomic mass is 32.2. The number of H-pyrrole nitrogens is 1. The van der Waals surface area contributed by atoms with E-state index in [1.54, 1.807) is 45.6 Å². The number of amides is 1. The molecule has 1 amide bonds. The lowest BCUT2D eigenvalue weighted by atomic mass is 9.88. The third kappa shape index (κ3) is 5.79. The molecule has 2 N–H and O–H groups in total. The summed E-state index contributed by atoms with van der Waals surface area (Å²) in [6, 6.07) is 1.37. The van der Waals surface area contributed by atoms with E-state index < -0.39 is 51.5 Å². The summed E-state index contributed by atoms with van der Waals surface area (Å²) in [5.74, 6) is -2.35. The number of benzene rings is 1. The van der Waals surface area contributed by atoms with Crippen LogP contribution in [0.25, 0.3) is 0 Å². The van der Waals surface area contributed by atoms with Crippen molar-refractivity contribution >= 4 is 16.3 Å². The van der Waals surface area contributed by atoms with Crippen molar-refractivity contribution in [1.29, 1.82) is 0 Å². The van der Waals surface area contributed by atoms with Crippen LogP contribution in [0.2, 0.25) is 0 Å². The Kier molecular flexibility index (Phi) is 7.74. The third-order valence-corrected chi connectivity index (χ3v) is 9.00. The Bertz CT molecular complexity index is 1350. The van der Waals surface area contributed by atoms with Crippen molar-refractivity contribution in [2.45, 2.75) is 78.0 Å². The van der Waals surface area contributed by atoms with Gasteiger partial charge in [-0.3, -0.25) is 0 Å². The summed E-state index contributed by atoms with van der Waals surface area (Å²) in [6.07, 6.45) is 0.915. The van der Waals surface area contributed by atoms with E-state index in [0.29, 0.717) is 24.1 Å². The normalized spacial score (nSPS) is 22.2. The van der Waals surface area contributed by atoms with Crippen molar-refractivity contribution in [1.82, 2.24) is 24.1 Å². The van der Waals surface area contributed by atoms with Crippen LogP contribution in [0.3, 0.4) is 0 Å². The molecule has 4 rings (SSSR count). The minimum Gasteiger partial charge on any atom is -0.444 e. The summed E-state index contributed by atoms with van der Waals surface area (Å²) in [5, 5.41) is 6.03. The van der Waals surface area contributed by atoms with E-state index in [2.05, 4.69) is 14.9 Å². The molecule has 3 unspecified atom stereocenters. The van der Waals surface area contributed by atoms with Crippen molar-refractivity contribution in [2.75, 3.05) is 19.6 Å². The molecule has 2 aliphatic rings. The lowest BCUT2D eigenvalue weighted by Gasteiger charge is -2.37. The van der Waals surface area contributed by atoms with Crippen molar-refractivity contribution in [3.05, 3.63) is 51.1 Å². The number of piperidine rings is 1. The number of ether oxygens (including phenoxy) is 1. The number of hydrogen-bond donors (Lipinski definition) is 2. The maximum atomic E-state index is 15.0. The summed E-state index contributed by atoms with van der Waals surface area (Å²) < 4.78 is 57.3. The molecule has 0 saturated carbocycles. The van der Waals surface area contributed by atoms with Crippen molar-refractivity contribution in [2.24, 2.45) is 5.92 Å². The SMILES string of the molecule is Cc1ccc(F)c(C(C)[C@H](NS(=O)(=O)N2CCCC3CN(C(=O)OC(C)(C)C)CC32)c2n[nH]c(=O)o2)c1C. The van der Waals surface area contributed by atoms with E-state index in [4.69, 9.17) is 9.15 Å². The monoisotopic (exact) mass is 553 g/mol. The number of rotatable bonds is 6. The van der Waals surface area contributed by atoms with Gasteiger partial charge in [-0.05, 0) is 76.1 Å². The number of carbonyl (C=O) groups is 1. The van der Waals surface area contributed by atoms with Crippen LogP contribution in [0.1, 0.15) is 75.1 Å². The van der Waals surface area contributed by atoms with Crippen LogP contribution in [-0.4, -0.2) is 65.2 Å². The smallest absolute Gasteiger partial charge is 0.434 e. The molecule has 13 heteroatoms. The van der Waals surface area contributed by atoms with Crippen LogP contribution in [0.4, 0.5) is 9.18 Å². The second-order valence-corrected chi connectivity index (χ2v) is 12.9. The molecule has 210 valence electrons. The van der Waals surface area contributed by atoms with Gasteiger partial charge in [0.25, 0.3) is 10.2 Å². The molecule has 1 aromatic heterocycles. The number of fused-ring (bicyclic) bond motifs is 1. The van der Waals surface area contributed by atoms with Gasteiger partial charge >= 0.3 is 11.8 Å². The van der Waals surface area contributed by atoms with E-state index in [0.717, 1.165) is 12.0 Å². The lowest BCUT2D eigenvalue weighted by Crippen LogP contribution is -2.53. The molecular weight excluding hydrogens is 517 g/mol. The summed E-state index contributed by atoms with van der Waals surface area (Å²) >= 11 is 0. The summed E-state index contributed by atoms with van der Waals surface area (Å²) in [4.78, 5) is 26.0. The topological polar surface area (TPSA) is 138 Å². The first-order valence-electron chi connectivity index (χ1n) is 12.8. The number of likely N-dealkylation sites (tertiary alicyclic amines) is 1. The predicted molar refractivity (Wildman–Crippen MR) is 137 cm³/mol. The molecule has 0 bridgehead atoms. The maximum absolute atomic E-state index is 15.0. The second kappa shape index (κ2) is 10.4. The Morgan fingerprint density at radius 1 is 1.29 bits per heavy atom. The molecular formula is C25H36FN5O6S. The molecule has 4 atom stereocenters. The van der Waals surface area contributed by atoms with Gasteiger partial charge in [0.15, 0.2) is 0 Å². The standard InChI is InChI=1S/C25H36FN5O6S/c1-14-9-10-18(26)20(15(14)2)16(3)21(22-27-28-23(32)36-22)29-38(34,35)31-11-7-8-17-12-30(13-19(17)31)24(33)37-25(4,5)6/h9-10,16-17,19,21,29H,7-8,11-13H2,1-6H3,(H,28,32)/t16?,17?,19?,21-/m0/s1. The second-order valence-electron chi connectivity index (χ2n) is 11.2. The van der Waals surface area contributed by atoms with Crippen LogP contribution in [0.15, 0.2) is 21.3 Å². The van der Waals surface area contributed by atoms with E-state index >= 15 is 4.39 Å². The number of hydrogen-bond acceptors (Lipinski definition) is 7. The Hall–Kier alpha value is -2.77. The average molecular weight is 554 g/mol. The first-order valence-corrected chi connectivity index (χ1v) is 14.2. The average Bonchev–Trinajstić information content (AvgIpc) is 3.45. The highest BCUT2D eigenvalue weighted by molar-refractivity contribution is 7.87. The number of aromatic nitrogens is 2. The minimum atomic E-state index is -4.18. The van der Waals surface area contributed by atoms with E-state index in [1.165, 1.54) is 10.4 Å². The molecule has 3 heterocycles. The summed E-state index contributed by atoms with van der Waals surface area (Å²) in [6.45, 7) is 11.4. The van der Waals surface area contributed by atoms with Crippen molar-refractivity contribution < 1.29 is 26.8 Å². The first kappa shape index (κ1) is 28.2. The molecule has 11 nitrogen and oxygen atoms in total. The summed E-state index contributed by atoms with van der Waals surface area (Å²) in [7, 11) is -4.18. The van der Waals surface area contributed by atoms with Gasteiger partial charge in [-0.1, -0.05) is 13.0 Å². The van der Waals surface area contributed by atoms with Crippen molar-refractivity contribution in [3.63, 3.8) is 0 Å². The van der Waals surface area contributed by atoms with Crippen LogP contribution >= 0.6 is 0 Å². The van der Waals surface area contributed by atoms with Gasteiger partial charge in [0.05, 0.1) is 0 Å². The number of halogens is 1. The Balaban J connectivity index is 1.63. The lowest BCUT2D eigenvalue weighted by molar-refractivity contribution is 0.0284. The minimum absolute atomic E-state index is 0.0523. The molecule has 1 aromatic carbocycles. The molecule has 2 aromatic rings. The zero-order chi connectivity index (χ0) is 28.0. The van der Waals surface area contributed by atoms with Gasteiger partial charge in [0.2, 0.25) is 5.89 Å². The summed E-state index contributed by atoms with van der Waals surface area (Å²) in [5.41, 5.74) is 1.14. The number of aryl methyl sites for hydroxylation is 1. The Morgan fingerprint density at radius 2 is 2.00 bits per heavy atom. The van der Waals surface area contributed by atoms with E-state index in [1.807, 2.05) is 6.92 Å². The van der Waals surface area contributed by atoms with Crippen LogP contribution in [-0.2, 0) is 14.9 Å². The molecule has 38 heavy (non-hydrogen) atoms. The highest BCUT2D eigenvalue weighted by Crippen LogP contribution is 2.37. The zero-order valence-electron chi connectivity index (χ0n) is 22.6. The van der Waals surface area contributed by atoms with Crippen LogP contribution < -0.4 is 10.5 Å². The third-order valence-electron chi connectivity index (χ3n) is 7.37. The number of nitrogens with zero attached hydrogens (tertiary/aromatic N) is 3. The zero-order valence-corrected chi connectivity index (χ0v) is 23.4. The first-order chi connectivity index (χ1) is 17.7. The highest BCUT2D eigenvalue weighted by Gasteiger charge is 2.47. The van der Waals surface area contributed by atoms with Gasteiger partial charge in [0, 0.05) is 31.6 Å². The Morgan fingerprint density at radius 3 is 2.63 bits per heavy atom. The molecule has 0 radical (unpaired) electrons. The molecule has 2 fully saturated rings. The number of carbonyl (C=O) groups excluding carboxylic acids is 1. The molecule has 2 aliphatic heterocycles. The predicted octanol–water partition coefficient (Wildman–Crippen LogP) is 3.13. The van der Waals surface area contributed by atoms with Crippen LogP contribution in [0, 0.1) is 25.6 Å². The van der Waals surface area contributed by atoms with E-state index in [-0.39, 0.29) is 24.9 Å². The largest absolute Gasteiger partial charge is 0.444 e. The van der Waals surface area contributed by atoms with Gasteiger partial charge in [0.1, 0.15) is 17.5 Å². The van der Waals surface area contributed by atoms with E-state index in [9.17, 15) is 18.0 Å². The fourth-order valence-electron chi connectivity index (χ4n) is 5.41. The number of nitrogens with one attached hydrogen (secondary N) is 2. The fraction of sp³-hybridized carbons (Fsp3) is 0.640. The fourth-order valence-corrected chi connectivity index (χ4v) is 7.14. The van der Waals surface area contributed by atoms with Gasteiger partial charge in [-0.15, -0.1) is 5.10 Å². The van der Waals surface area contributed by atoms with Gasteiger partial charge in [-0.25, -0.2) is 19.1 Å². The van der Waals surface area contributed by atoms with Gasteiger partial charge in [-0.2, -0.15) is 17.4 Å². The molecule has 2 saturated heterocycles. The van der Waals surface area contributed by atoms with Crippen LogP contribution in [0.5, 0.6) is 0 Å². The maximum Gasteiger partial charge on any atom is 0.434 e. The molecule has 0 spiro atoms. The van der Waals surface area contributed by atoms with Gasteiger partial charge < -0.3 is 14.1 Å². The van der Waals surface area contributed by atoms with Crippen molar-refractivity contribution in [3.8, 4) is 0 Å².